The quantitative estimate of drug-likeness (QED) is 0.499. The van der Waals surface area contributed by atoms with Crippen LogP contribution in [-0.4, -0.2) is 36.1 Å². The van der Waals surface area contributed by atoms with Gasteiger partial charge in [0.15, 0.2) is 0 Å². The maximum absolute atomic E-state index is 4.79. The van der Waals surface area contributed by atoms with Gasteiger partial charge >= 0.3 is 0 Å². The van der Waals surface area contributed by atoms with Gasteiger partial charge in [0, 0.05) is 12.2 Å². The second-order valence-corrected chi connectivity index (χ2v) is 7.27. The van der Waals surface area contributed by atoms with E-state index in [1.807, 2.05) is 0 Å². The largest absolute Gasteiger partial charge is 0.370 e. The van der Waals surface area contributed by atoms with Crippen molar-refractivity contribution >= 4 is 5.82 Å². The summed E-state index contributed by atoms with van der Waals surface area (Å²) in [5.74, 6) is 1.76. The Morgan fingerprint density at radius 1 is 1.33 bits per heavy atom. The number of nitrogens with one attached hydrogen (secondary N) is 1. The number of aryl methyl sites for hydroxylation is 2. The topological polar surface area (TPSA) is 28.2 Å². The van der Waals surface area contributed by atoms with E-state index in [1.54, 1.807) is 0 Å². The fourth-order valence-electron chi connectivity index (χ4n) is 3.20. The summed E-state index contributed by atoms with van der Waals surface area (Å²) in [6, 6.07) is 4.49. The molecule has 1 aromatic rings. The molecule has 1 atom stereocenters. The first-order valence-corrected chi connectivity index (χ1v) is 9.70. The molecule has 3 heteroatoms. The Morgan fingerprint density at radius 3 is 2.92 bits per heavy atom. The standard InChI is InChI=1S/C21H35N3/c1-5-24(16-13-18(4)17(2)3)15-7-6-10-20-12-11-19-9-8-14-22-21(19)23-20/h11-12,18H,2,5-10,13-16H2,1,3-4H3,(H,22,23). The number of rotatable bonds is 10. The van der Waals surface area contributed by atoms with Crippen molar-refractivity contribution in [3.05, 3.63) is 35.5 Å². The zero-order chi connectivity index (χ0) is 17.4. The fourth-order valence-corrected chi connectivity index (χ4v) is 3.20. The minimum Gasteiger partial charge on any atom is -0.370 e. The van der Waals surface area contributed by atoms with E-state index in [0.29, 0.717) is 5.92 Å². The Morgan fingerprint density at radius 2 is 2.17 bits per heavy atom. The Bertz CT molecular complexity index is 524. The summed E-state index contributed by atoms with van der Waals surface area (Å²) in [7, 11) is 0. The van der Waals surface area contributed by atoms with E-state index in [4.69, 9.17) is 4.98 Å². The lowest BCUT2D eigenvalue weighted by Crippen LogP contribution is -2.27. The van der Waals surface area contributed by atoms with Gasteiger partial charge in [0.1, 0.15) is 5.82 Å². The van der Waals surface area contributed by atoms with E-state index < -0.39 is 0 Å². The van der Waals surface area contributed by atoms with Crippen molar-refractivity contribution in [2.75, 3.05) is 31.5 Å². The van der Waals surface area contributed by atoms with Gasteiger partial charge in [-0.15, -0.1) is 0 Å². The van der Waals surface area contributed by atoms with Gasteiger partial charge < -0.3 is 10.2 Å². The highest BCUT2D eigenvalue weighted by atomic mass is 15.1. The number of unbranched alkanes of at least 4 members (excludes halogenated alkanes) is 1. The van der Waals surface area contributed by atoms with Gasteiger partial charge in [0.2, 0.25) is 0 Å². The Hall–Kier alpha value is -1.35. The van der Waals surface area contributed by atoms with Crippen molar-refractivity contribution in [1.82, 2.24) is 9.88 Å². The Kier molecular flexibility index (Phi) is 7.77. The minimum absolute atomic E-state index is 0.631. The van der Waals surface area contributed by atoms with E-state index in [9.17, 15) is 0 Å². The SMILES string of the molecule is C=C(C)C(C)CCN(CC)CCCCc1ccc2c(n1)NCCC2. The van der Waals surface area contributed by atoms with Crippen molar-refractivity contribution in [2.24, 2.45) is 5.92 Å². The van der Waals surface area contributed by atoms with Crippen LogP contribution in [0.15, 0.2) is 24.3 Å². The number of anilines is 1. The summed E-state index contributed by atoms with van der Waals surface area (Å²) in [5.41, 5.74) is 3.93. The summed E-state index contributed by atoms with van der Waals surface area (Å²) in [6.07, 6.45) is 7.18. The Balaban J connectivity index is 1.68. The van der Waals surface area contributed by atoms with Gasteiger partial charge in [0.25, 0.3) is 0 Å². The molecule has 0 spiro atoms. The molecule has 1 aliphatic rings. The highest BCUT2D eigenvalue weighted by Gasteiger charge is 2.10. The van der Waals surface area contributed by atoms with Crippen LogP contribution in [-0.2, 0) is 12.8 Å². The van der Waals surface area contributed by atoms with Gasteiger partial charge in [-0.3, -0.25) is 0 Å². The molecule has 0 aliphatic carbocycles. The molecule has 0 amide bonds. The van der Waals surface area contributed by atoms with E-state index in [2.05, 4.69) is 49.7 Å². The van der Waals surface area contributed by atoms with Crippen molar-refractivity contribution in [3.63, 3.8) is 0 Å². The first-order valence-electron chi connectivity index (χ1n) is 9.70. The van der Waals surface area contributed by atoms with Crippen molar-refractivity contribution < 1.29 is 0 Å². The summed E-state index contributed by atoms with van der Waals surface area (Å²) >= 11 is 0. The van der Waals surface area contributed by atoms with Crippen LogP contribution in [0.3, 0.4) is 0 Å². The average Bonchev–Trinajstić information content (AvgIpc) is 2.60. The molecule has 3 nitrogen and oxygen atoms in total. The molecule has 1 aliphatic heterocycles. The molecule has 134 valence electrons. The first kappa shape index (κ1) is 19.0. The third kappa shape index (κ3) is 5.94. The third-order valence-corrected chi connectivity index (χ3v) is 5.28. The molecule has 0 fully saturated rings. The molecule has 1 unspecified atom stereocenters. The van der Waals surface area contributed by atoms with Gasteiger partial charge in [-0.2, -0.15) is 0 Å². The van der Waals surface area contributed by atoms with Gasteiger partial charge in [-0.05, 0) is 82.6 Å². The molecule has 0 saturated carbocycles. The minimum atomic E-state index is 0.631. The predicted octanol–water partition coefficient (Wildman–Crippen LogP) is 4.69. The second-order valence-electron chi connectivity index (χ2n) is 7.27. The second kappa shape index (κ2) is 9.83. The van der Waals surface area contributed by atoms with Crippen LogP contribution in [0.25, 0.3) is 0 Å². The number of pyridine rings is 1. The summed E-state index contributed by atoms with van der Waals surface area (Å²) in [5, 5.41) is 3.43. The normalized spacial score (nSPS) is 15.0. The lowest BCUT2D eigenvalue weighted by atomic mass is 10.0. The molecule has 0 radical (unpaired) electrons. The number of aromatic nitrogens is 1. The molecule has 1 N–H and O–H groups in total. The fraction of sp³-hybridized carbons (Fsp3) is 0.667. The maximum Gasteiger partial charge on any atom is 0.129 e. The smallest absolute Gasteiger partial charge is 0.129 e. The number of hydrogen-bond acceptors (Lipinski definition) is 3. The average molecular weight is 330 g/mol. The third-order valence-electron chi connectivity index (χ3n) is 5.28. The maximum atomic E-state index is 4.79. The summed E-state index contributed by atoms with van der Waals surface area (Å²) in [6.45, 7) is 15.4. The number of allylic oxidation sites excluding steroid dienone is 1. The Labute approximate surface area is 148 Å². The number of nitrogens with zero attached hydrogens (tertiary/aromatic N) is 2. The summed E-state index contributed by atoms with van der Waals surface area (Å²) < 4.78 is 0. The van der Waals surface area contributed by atoms with E-state index >= 15 is 0 Å². The first-order chi connectivity index (χ1) is 11.6. The van der Waals surface area contributed by atoms with Crippen LogP contribution < -0.4 is 5.32 Å². The molecule has 0 saturated heterocycles. The van der Waals surface area contributed by atoms with Crippen LogP contribution in [0.2, 0.25) is 0 Å². The lowest BCUT2D eigenvalue weighted by molar-refractivity contribution is 0.267. The van der Waals surface area contributed by atoms with Crippen molar-refractivity contribution in [1.29, 1.82) is 0 Å². The molecular formula is C21H35N3. The summed E-state index contributed by atoms with van der Waals surface area (Å²) in [4.78, 5) is 7.37. The van der Waals surface area contributed by atoms with E-state index in [1.165, 1.54) is 62.0 Å². The molecule has 2 heterocycles. The highest BCUT2D eigenvalue weighted by Crippen LogP contribution is 2.20. The monoisotopic (exact) mass is 329 g/mol. The lowest BCUT2D eigenvalue weighted by Gasteiger charge is -2.22. The van der Waals surface area contributed by atoms with Crippen molar-refractivity contribution in [2.45, 2.75) is 59.3 Å². The molecular weight excluding hydrogens is 294 g/mol. The van der Waals surface area contributed by atoms with Gasteiger partial charge in [-0.1, -0.05) is 32.1 Å². The zero-order valence-corrected chi connectivity index (χ0v) is 15.9. The molecule has 24 heavy (non-hydrogen) atoms. The van der Waals surface area contributed by atoms with Crippen LogP contribution in [0.1, 0.15) is 57.7 Å². The van der Waals surface area contributed by atoms with E-state index in [0.717, 1.165) is 25.3 Å². The van der Waals surface area contributed by atoms with E-state index in [-0.39, 0.29) is 0 Å². The number of hydrogen-bond donors (Lipinski definition) is 1. The van der Waals surface area contributed by atoms with Crippen LogP contribution >= 0.6 is 0 Å². The molecule has 1 aromatic heterocycles. The molecule has 0 aromatic carbocycles. The van der Waals surface area contributed by atoms with Crippen LogP contribution in [0, 0.1) is 5.92 Å². The zero-order valence-electron chi connectivity index (χ0n) is 15.9. The van der Waals surface area contributed by atoms with Gasteiger partial charge in [0.05, 0.1) is 0 Å². The molecule has 2 rings (SSSR count). The van der Waals surface area contributed by atoms with Crippen molar-refractivity contribution in [3.8, 4) is 0 Å². The van der Waals surface area contributed by atoms with Crippen LogP contribution in [0.4, 0.5) is 5.82 Å². The van der Waals surface area contributed by atoms with Gasteiger partial charge in [-0.25, -0.2) is 4.98 Å². The predicted molar refractivity (Wildman–Crippen MR) is 105 cm³/mol. The highest BCUT2D eigenvalue weighted by molar-refractivity contribution is 5.46. The molecule has 0 bridgehead atoms. The van der Waals surface area contributed by atoms with Crippen LogP contribution in [0.5, 0.6) is 0 Å². The number of fused-ring (bicyclic) bond motifs is 1.